The third-order valence-corrected chi connectivity index (χ3v) is 6.61. The number of rotatable bonds is 4. The molecule has 2 aliphatic rings. The Labute approximate surface area is 112 Å². The van der Waals surface area contributed by atoms with Gasteiger partial charge in [-0.05, 0) is 25.0 Å². The summed E-state index contributed by atoms with van der Waals surface area (Å²) in [5, 5.41) is 0. The molecule has 102 valence electrons. The first-order valence-electron chi connectivity index (χ1n) is 6.55. The molecule has 0 aromatic heterocycles. The predicted octanol–water partition coefficient (Wildman–Crippen LogP) is 1.94. The zero-order valence-corrected chi connectivity index (χ0v) is 11.5. The fourth-order valence-corrected chi connectivity index (χ4v) is 5.18. The molecule has 1 aromatic rings. The predicted molar refractivity (Wildman–Crippen MR) is 69.3 cm³/mol. The fraction of sp³-hybridized carbons (Fsp3) is 0.500. The van der Waals surface area contributed by atoms with E-state index in [0.29, 0.717) is 6.42 Å². The molecule has 1 aromatic carbocycles. The number of carbonyl (C=O) groups is 1. The zero-order chi connectivity index (χ0) is 13.7. The van der Waals surface area contributed by atoms with Crippen LogP contribution < -0.4 is 0 Å². The van der Waals surface area contributed by atoms with Crippen molar-refractivity contribution >= 4 is 15.8 Å². The molecular weight excluding hydrogens is 264 g/mol. The molecule has 1 aliphatic heterocycles. The van der Waals surface area contributed by atoms with Gasteiger partial charge in [-0.1, -0.05) is 31.5 Å². The Hall–Kier alpha value is -1.36. The summed E-state index contributed by atoms with van der Waals surface area (Å²) in [6.07, 6.45) is 1.81. The van der Waals surface area contributed by atoms with E-state index in [1.807, 2.05) is 6.92 Å². The van der Waals surface area contributed by atoms with E-state index in [9.17, 15) is 13.2 Å². The van der Waals surface area contributed by atoms with Gasteiger partial charge in [0.1, 0.15) is 6.10 Å². The molecule has 1 aliphatic carbocycles. The van der Waals surface area contributed by atoms with Crippen molar-refractivity contribution in [1.29, 1.82) is 0 Å². The number of hydrogen-bond acceptors (Lipinski definition) is 4. The maximum atomic E-state index is 12.7. The molecular formula is C14H16O4S. The minimum Gasteiger partial charge on any atom is -0.461 e. The third-order valence-electron chi connectivity index (χ3n) is 4.12. The van der Waals surface area contributed by atoms with Gasteiger partial charge in [-0.25, -0.2) is 8.42 Å². The fourth-order valence-electron chi connectivity index (χ4n) is 3.03. The Morgan fingerprint density at radius 2 is 2.00 bits per heavy atom. The average Bonchev–Trinajstić information content (AvgIpc) is 3.11. The van der Waals surface area contributed by atoms with Crippen LogP contribution in [0.5, 0.6) is 0 Å². The van der Waals surface area contributed by atoms with Crippen LogP contribution in [-0.4, -0.2) is 25.2 Å². The molecule has 0 N–H and O–H groups in total. The molecule has 0 amide bonds. The lowest BCUT2D eigenvalue weighted by molar-refractivity contribution is -0.144. The molecule has 1 heterocycles. The lowest BCUT2D eigenvalue weighted by Gasteiger charge is -2.11. The molecule has 1 saturated heterocycles. The van der Waals surface area contributed by atoms with E-state index in [-0.39, 0.29) is 16.9 Å². The Morgan fingerprint density at radius 1 is 1.32 bits per heavy atom. The minimum atomic E-state index is -3.64. The van der Waals surface area contributed by atoms with Crippen LogP contribution in [0.15, 0.2) is 35.2 Å². The second kappa shape index (κ2) is 4.07. The summed E-state index contributed by atoms with van der Waals surface area (Å²) in [6.45, 7) is 2.00. The summed E-state index contributed by atoms with van der Waals surface area (Å²) in [6, 6.07) is 8.18. The smallest absolute Gasteiger partial charge is 0.328 e. The number of carbonyl (C=O) groups excluding carboxylic acids is 1. The number of ether oxygens (including phenoxy) is 1. The highest BCUT2D eigenvalue weighted by atomic mass is 32.2. The van der Waals surface area contributed by atoms with Gasteiger partial charge in [0.15, 0.2) is 14.6 Å². The van der Waals surface area contributed by atoms with E-state index in [1.54, 1.807) is 30.3 Å². The normalized spacial score (nSPS) is 32.8. The van der Waals surface area contributed by atoms with Crippen LogP contribution in [0.2, 0.25) is 0 Å². The van der Waals surface area contributed by atoms with Gasteiger partial charge < -0.3 is 4.74 Å². The van der Waals surface area contributed by atoms with Crippen molar-refractivity contribution in [2.24, 2.45) is 5.92 Å². The number of benzene rings is 1. The summed E-state index contributed by atoms with van der Waals surface area (Å²) >= 11 is 0. The quantitative estimate of drug-likeness (QED) is 0.791. The number of hydrogen-bond donors (Lipinski definition) is 0. The SMILES string of the molecule is CCC[C@@H]1OC(=O)[C@]2(S(=O)(=O)c3ccccc3)C[C@H]12. The summed E-state index contributed by atoms with van der Waals surface area (Å²) in [5.74, 6) is -0.718. The summed E-state index contributed by atoms with van der Waals surface area (Å²) in [5.41, 5.74) is 0. The van der Waals surface area contributed by atoms with Crippen molar-refractivity contribution in [1.82, 2.24) is 0 Å². The summed E-state index contributed by atoms with van der Waals surface area (Å²) in [4.78, 5) is 12.3. The van der Waals surface area contributed by atoms with E-state index in [1.165, 1.54) is 0 Å². The second-order valence-corrected chi connectivity index (χ2v) is 7.46. The number of fused-ring (bicyclic) bond motifs is 1. The molecule has 0 bridgehead atoms. The average molecular weight is 280 g/mol. The van der Waals surface area contributed by atoms with Crippen molar-refractivity contribution < 1.29 is 17.9 Å². The van der Waals surface area contributed by atoms with Gasteiger partial charge in [0, 0.05) is 5.92 Å². The summed E-state index contributed by atoms with van der Waals surface area (Å²) in [7, 11) is -3.64. The molecule has 19 heavy (non-hydrogen) atoms. The topological polar surface area (TPSA) is 60.4 Å². The van der Waals surface area contributed by atoms with Crippen LogP contribution in [0.25, 0.3) is 0 Å². The van der Waals surface area contributed by atoms with Crippen molar-refractivity contribution in [3.05, 3.63) is 30.3 Å². The van der Waals surface area contributed by atoms with Crippen molar-refractivity contribution in [2.45, 2.75) is 41.9 Å². The highest BCUT2D eigenvalue weighted by Crippen LogP contribution is 2.60. The molecule has 0 spiro atoms. The van der Waals surface area contributed by atoms with Crippen LogP contribution in [0.4, 0.5) is 0 Å². The first kappa shape index (κ1) is 12.7. The minimum absolute atomic E-state index is 0.162. The van der Waals surface area contributed by atoms with E-state index in [2.05, 4.69) is 0 Å². The van der Waals surface area contributed by atoms with E-state index < -0.39 is 20.6 Å². The first-order valence-corrected chi connectivity index (χ1v) is 8.03. The van der Waals surface area contributed by atoms with Gasteiger partial charge >= 0.3 is 5.97 Å². The molecule has 4 nitrogen and oxygen atoms in total. The van der Waals surface area contributed by atoms with Crippen LogP contribution in [0, 0.1) is 5.92 Å². The first-order chi connectivity index (χ1) is 9.04. The molecule has 5 heteroatoms. The van der Waals surface area contributed by atoms with Crippen molar-refractivity contribution in [2.75, 3.05) is 0 Å². The van der Waals surface area contributed by atoms with Gasteiger partial charge in [-0.3, -0.25) is 4.79 Å². The lowest BCUT2D eigenvalue weighted by Crippen LogP contribution is -2.31. The molecule has 0 unspecified atom stereocenters. The molecule has 3 atom stereocenters. The number of cyclic esters (lactones) is 1. The Kier molecular flexibility index (Phi) is 2.71. The Morgan fingerprint density at radius 3 is 2.58 bits per heavy atom. The number of sulfone groups is 1. The standard InChI is InChI=1S/C14H16O4S/c1-2-6-12-11-9-14(11,13(15)18-12)19(16,17)10-7-4-3-5-8-10/h3-5,7-8,11-12H,2,6,9H2,1H3/t11-,12+,14+/m1/s1. The van der Waals surface area contributed by atoms with Crippen LogP contribution in [0.1, 0.15) is 26.2 Å². The van der Waals surface area contributed by atoms with Gasteiger partial charge in [0.25, 0.3) is 0 Å². The van der Waals surface area contributed by atoms with E-state index >= 15 is 0 Å². The third kappa shape index (κ3) is 1.57. The van der Waals surface area contributed by atoms with Crippen molar-refractivity contribution in [3.8, 4) is 0 Å². The molecule has 3 rings (SSSR count). The van der Waals surface area contributed by atoms with Gasteiger partial charge in [-0.15, -0.1) is 0 Å². The maximum Gasteiger partial charge on any atom is 0.328 e. The molecule has 2 fully saturated rings. The monoisotopic (exact) mass is 280 g/mol. The molecule has 1 saturated carbocycles. The van der Waals surface area contributed by atoms with Crippen LogP contribution in [-0.2, 0) is 19.4 Å². The van der Waals surface area contributed by atoms with Gasteiger partial charge in [0.05, 0.1) is 4.90 Å². The zero-order valence-electron chi connectivity index (χ0n) is 10.7. The Balaban J connectivity index is 1.98. The Bertz CT molecular complexity index is 608. The van der Waals surface area contributed by atoms with Gasteiger partial charge in [-0.2, -0.15) is 0 Å². The lowest BCUT2D eigenvalue weighted by atomic mass is 10.1. The maximum absolute atomic E-state index is 12.7. The van der Waals surface area contributed by atoms with Crippen LogP contribution in [0.3, 0.4) is 0 Å². The largest absolute Gasteiger partial charge is 0.461 e. The van der Waals surface area contributed by atoms with Gasteiger partial charge in [0.2, 0.25) is 0 Å². The highest BCUT2D eigenvalue weighted by molar-refractivity contribution is 7.94. The van der Waals surface area contributed by atoms with E-state index in [4.69, 9.17) is 4.74 Å². The van der Waals surface area contributed by atoms with Crippen LogP contribution >= 0.6 is 0 Å². The number of esters is 1. The van der Waals surface area contributed by atoms with E-state index in [0.717, 1.165) is 12.8 Å². The summed E-state index contributed by atoms with van der Waals surface area (Å²) < 4.78 is 29.3. The highest BCUT2D eigenvalue weighted by Gasteiger charge is 2.77. The second-order valence-electron chi connectivity index (χ2n) is 5.25. The molecule has 0 radical (unpaired) electrons. The van der Waals surface area contributed by atoms with Crippen molar-refractivity contribution in [3.63, 3.8) is 0 Å².